The Morgan fingerprint density at radius 3 is 2.65 bits per heavy atom. The molecule has 1 unspecified atom stereocenters. The zero-order valence-corrected chi connectivity index (χ0v) is 9.74. The first-order valence-electron chi connectivity index (χ1n) is 4.83. The van der Waals surface area contributed by atoms with Crippen LogP contribution >= 0.6 is 11.3 Å². The molecule has 17 heavy (non-hydrogen) atoms. The summed E-state index contributed by atoms with van der Waals surface area (Å²) in [5.41, 5.74) is 0. The Balaban J connectivity index is 2.51. The van der Waals surface area contributed by atoms with Crippen LogP contribution in [-0.2, 0) is 11.2 Å². The third-order valence-corrected chi connectivity index (χ3v) is 2.94. The van der Waals surface area contributed by atoms with Gasteiger partial charge in [0.2, 0.25) is 0 Å². The average Bonchev–Trinajstić information content (AvgIpc) is 2.69. The van der Waals surface area contributed by atoms with E-state index in [0.717, 1.165) is 4.88 Å². The summed E-state index contributed by atoms with van der Waals surface area (Å²) in [7, 11) is 0. The van der Waals surface area contributed by atoms with Crippen molar-refractivity contribution in [3.05, 3.63) is 22.4 Å². The molecule has 0 saturated heterocycles. The van der Waals surface area contributed by atoms with Crippen molar-refractivity contribution in [2.45, 2.75) is 31.7 Å². The molecule has 0 aliphatic rings. The minimum Gasteiger partial charge on any atom is -0.348 e. The first-order valence-corrected chi connectivity index (χ1v) is 5.71. The molecule has 1 aromatic heterocycles. The molecule has 0 aliphatic carbocycles. The van der Waals surface area contributed by atoms with Crippen molar-refractivity contribution in [2.75, 3.05) is 0 Å². The monoisotopic (exact) mass is 269 g/mol. The van der Waals surface area contributed by atoms with Crippen LogP contribution in [0.25, 0.3) is 0 Å². The summed E-state index contributed by atoms with van der Waals surface area (Å²) >= 11 is 1.41. The second-order valence-corrected chi connectivity index (χ2v) is 4.61. The maximum absolute atomic E-state index is 12.6. The van der Waals surface area contributed by atoms with Gasteiger partial charge in [0.25, 0.3) is 5.91 Å². The summed E-state index contributed by atoms with van der Waals surface area (Å²) in [6, 6.07) is 2.94. The van der Waals surface area contributed by atoms with Gasteiger partial charge >= 0.3 is 12.3 Å². The van der Waals surface area contributed by atoms with Crippen LogP contribution in [0.2, 0.25) is 0 Å². The van der Waals surface area contributed by atoms with E-state index in [2.05, 4.69) is 0 Å². The minimum absolute atomic E-state index is 0.336. The molecule has 7 heteroatoms. The fourth-order valence-corrected chi connectivity index (χ4v) is 2.04. The molecule has 1 rings (SSSR count). The van der Waals surface area contributed by atoms with Crippen molar-refractivity contribution in [3.63, 3.8) is 0 Å². The Kier molecular flexibility index (Phi) is 4.50. The predicted molar refractivity (Wildman–Crippen MR) is 56.6 cm³/mol. The van der Waals surface area contributed by atoms with Crippen LogP contribution in [0.3, 0.4) is 0 Å². The number of thiophene rings is 1. The molecule has 1 heterocycles. The number of rotatable bonds is 5. The highest BCUT2D eigenvalue weighted by molar-refractivity contribution is 7.09. The van der Waals surface area contributed by atoms with E-state index in [-0.39, 0.29) is 0 Å². The number of carbonyl (C=O) groups excluding carboxylic acids is 1. The van der Waals surface area contributed by atoms with E-state index in [1.807, 2.05) is 5.32 Å². The van der Waals surface area contributed by atoms with Gasteiger partial charge in [0, 0.05) is 17.3 Å². The summed E-state index contributed by atoms with van der Waals surface area (Å²) < 4.78 is 49.0. The summed E-state index contributed by atoms with van der Waals surface area (Å²) in [5, 5.41) is 3.68. The van der Waals surface area contributed by atoms with Gasteiger partial charge in [-0.3, -0.25) is 4.79 Å². The van der Waals surface area contributed by atoms with Gasteiger partial charge in [0.1, 0.15) is 0 Å². The smallest absolute Gasteiger partial charge is 0.348 e. The molecule has 1 atom stereocenters. The quantitative estimate of drug-likeness (QED) is 0.818. The lowest BCUT2D eigenvalue weighted by Gasteiger charge is -2.18. The number of alkyl halides is 4. The van der Waals surface area contributed by atoms with Crippen LogP contribution in [0.1, 0.15) is 11.8 Å². The van der Waals surface area contributed by atoms with Crippen molar-refractivity contribution in [1.82, 2.24) is 5.32 Å². The largest absolute Gasteiger partial charge is 0.383 e. The molecule has 1 N–H and O–H groups in total. The molecular weight excluding hydrogens is 258 g/mol. The maximum atomic E-state index is 12.6. The molecule has 96 valence electrons. The van der Waals surface area contributed by atoms with Gasteiger partial charge in [-0.05, 0) is 18.4 Å². The van der Waals surface area contributed by atoms with Crippen molar-refractivity contribution in [2.24, 2.45) is 0 Å². The van der Waals surface area contributed by atoms with E-state index in [0.29, 0.717) is 6.42 Å². The Morgan fingerprint density at radius 2 is 2.18 bits per heavy atom. The average molecular weight is 269 g/mol. The van der Waals surface area contributed by atoms with Gasteiger partial charge in [-0.2, -0.15) is 8.78 Å². The van der Waals surface area contributed by atoms with E-state index in [4.69, 9.17) is 0 Å². The van der Waals surface area contributed by atoms with Crippen molar-refractivity contribution in [1.29, 1.82) is 0 Å². The van der Waals surface area contributed by atoms with Crippen molar-refractivity contribution < 1.29 is 22.4 Å². The number of amides is 1. The normalized spacial score (nSPS) is 13.8. The lowest BCUT2D eigenvalue weighted by Crippen LogP contribution is -2.48. The standard InChI is InChI=1S/C10H11F4NOS/c1-6(5-7-3-2-4-17-7)15-9(16)10(13,14)8(11)12/h2-4,6,8H,5H2,1H3,(H,15,16). The number of nitrogens with one attached hydrogen (secondary N) is 1. The second kappa shape index (κ2) is 5.48. The number of carbonyl (C=O) groups is 1. The zero-order valence-electron chi connectivity index (χ0n) is 8.92. The van der Waals surface area contributed by atoms with Crippen molar-refractivity contribution in [3.8, 4) is 0 Å². The highest BCUT2D eigenvalue weighted by Gasteiger charge is 2.49. The van der Waals surface area contributed by atoms with Crippen LogP contribution in [0.5, 0.6) is 0 Å². The van der Waals surface area contributed by atoms with E-state index in [1.165, 1.54) is 18.3 Å². The number of halogens is 4. The van der Waals surface area contributed by atoms with E-state index in [1.54, 1.807) is 17.5 Å². The third kappa shape index (κ3) is 3.69. The Bertz CT molecular complexity index is 366. The predicted octanol–water partition coefficient (Wildman–Crippen LogP) is 2.70. The summed E-state index contributed by atoms with van der Waals surface area (Å²) in [4.78, 5) is 11.8. The Morgan fingerprint density at radius 1 is 1.53 bits per heavy atom. The third-order valence-electron chi connectivity index (χ3n) is 2.04. The fraction of sp³-hybridized carbons (Fsp3) is 0.500. The molecule has 0 bridgehead atoms. The molecule has 1 amide bonds. The van der Waals surface area contributed by atoms with Crippen LogP contribution in [0, 0.1) is 0 Å². The molecular formula is C10H11F4NOS. The Labute approximate surface area is 99.6 Å². The highest BCUT2D eigenvalue weighted by Crippen LogP contribution is 2.23. The van der Waals surface area contributed by atoms with E-state index < -0.39 is 24.3 Å². The lowest BCUT2D eigenvalue weighted by molar-refractivity contribution is -0.170. The molecule has 0 aliphatic heterocycles. The SMILES string of the molecule is CC(Cc1cccs1)NC(=O)C(F)(F)C(F)F. The zero-order chi connectivity index (χ0) is 13.1. The second-order valence-electron chi connectivity index (χ2n) is 3.58. The van der Waals surface area contributed by atoms with Gasteiger partial charge in [-0.15, -0.1) is 11.3 Å². The molecule has 0 aromatic carbocycles. The van der Waals surface area contributed by atoms with Gasteiger partial charge in [-0.25, -0.2) is 8.78 Å². The first kappa shape index (κ1) is 14.0. The van der Waals surface area contributed by atoms with Crippen molar-refractivity contribution >= 4 is 17.2 Å². The topological polar surface area (TPSA) is 29.1 Å². The maximum Gasteiger partial charge on any atom is 0.383 e. The number of hydrogen-bond acceptors (Lipinski definition) is 2. The molecule has 0 saturated carbocycles. The van der Waals surface area contributed by atoms with Crippen LogP contribution in [-0.4, -0.2) is 24.3 Å². The molecule has 0 radical (unpaired) electrons. The van der Waals surface area contributed by atoms with Crippen LogP contribution < -0.4 is 5.32 Å². The van der Waals surface area contributed by atoms with Crippen LogP contribution in [0.15, 0.2) is 17.5 Å². The van der Waals surface area contributed by atoms with Gasteiger partial charge in [0.05, 0.1) is 0 Å². The molecule has 2 nitrogen and oxygen atoms in total. The molecule has 1 aromatic rings. The summed E-state index contributed by atoms with van der Waals surface area (Å²) in [6.45, 7) is 1.49. The highest BCUT2D eigenvalue weighted by atomic mass is 32.1. The summed E-state index contributed by atoms with van der Waals surface area (Å²) in [5.74, 6) is -6.57. The van der Waals surface area contributed by atoms with Gasteiger partial charge in [0.15, 0.2) is 0 Å². The van der Waals surface area contributed by atoms with Crippen LogP contribution in [0.4, 0.5) is 17.6 Å². The molecule has 0 fully saturated rings. The summed E-state index contributed by atoms with van der Waals surface area (Å²) in [6.07, 6.45) is -3.65. The van der Waals surface area contributed by atoms with E-state index >= 15 is 0 Å². The number of hydrogen-bond donors (Lipinski definition) is 1. The lowest BCUT2D eigenvalue weighted by atomic mass is 10.2. The van der Waals surface area contributed by atoms with Gasteiger partial charge in [-0.1, -0.05) is 6.07 Å². The Hall–Kier alpha value is -1.11. The van der Waals surface area contributed by atoms with E-state index in [9.17, 15) is 22.4 Å². The molecule has 0 spiro atoms. The fourth-order valence-electron chi connectivity index (χ4n) is 1.20. The van der Waals surface area contributed by atoms with Gasteiger partial charge < -0.3 is 5.32 Å². The minimum atomic E-state index is -4.64. The first-order chi connectivity index (χ1) is 7.84.